The number of ether oxygens (including phenoxy) is 2. The Morgan fingerprint density at radius 3 is 2.22 bits per heavy atom. The van der Waals surface area contributed by atoms with Gasteiger partial charge in [0.2, 0.25) is 0 Å². The maximum absolute atomic E-state index is 14.4. The van der Waals surface area contributed by atoms with Gasteiger partial charge in [-0.15, -0.1) is 0 Å². The molecule has 3 aromatic carbocycles. The molecule has 0 heterocycles. The Balaban J connectivity index is 1.71. The molecule has 0 radical (unpaired) electrons. The number of halogens is 8. The van der Waals surface area contributed by atoms with E-state index >= 15 is 0 Å². The molecule has 0 fully saturated rings. The molecule has 12 heteroatoms. The van der Waals surface area contributed by atoms with E-state index in [1.54, 1.807) is 0 Å². The van der Waals surface area contributed by atoms with Gasteiger partial charge in [0.1, 0.15) is 17.4 Å². The number of carbonyl (C=O) groups is 1. The van der Waals surface area contributed by atoms with Gasteiger partial charge >= 0.3 is 6.18 Å². The van der Waals surface area contributed by atoms with Gasteiger partial charge in [0.05, 0.1) is 28.3 Å². The summed E-state index contributed by atoms with van der Waals surface area (Å²) >= 11 is 23.8. The van der Waals surface area contributed by atoms with Gasteiger partial charge in [0.15, 0.2) is 17.3 Å². The lowest BCUT2D eigenvalue weighted by Gasteiger charge is -2.14. The van der Waals surface area contributed by atoms with Crippen LogP contribution in [0.1, 0.15) is 23.5 Å². The number of alkyl halides is 3. The number of nitrogens with zero attached hydrogens (tertiary/aromatic N) is 1. The fraction of sp³-hybridized carbons (Fsp3) is 0.167. The summed E-state index contributed by atoms with van der Waals surface area (Å²) in [5, 5.41) is 9.40. The molecule has 1 unspecified atom stereocenters. The largest absolute Gasteiger partial charge is 0.491 e. The van der Waals surface area contributed by atoms with E-state index in [0.29, 0.717) is 11.1 Å². The van der Waals surface area contributed by atoms with Gasteiger partial charge in [-0.3, -0.25) is 4.79 Å². The Morgan fingerprint density at radius 2 is 1.61 bits per heavy atom. The van der Waals surface area contributed by atoms with E-state index in [9.17, 15) is 27.6 Å². The SMILES string of the molecule is N#CC(C(=O)CCOc1cc(Oc2ccc(C(F)(F)F)cc2Cl)c(F)cc1Cl)c1ccc(Cl)cc1Cl. The number of hydrogen-bond donors (Lipinski definition) is 0. The first kappa shape index (κ1) is 27.9. The number of rotatable bonds is 8. The van der Waals surface area contributed by atoms with Crippen molar-refractivity contribution < 1.29 is 31.8 Å². The second-order valence-corrected chi connectivity index (χ2v) is 8.91. The molecule has 4 nitrogen and oxygen atoms in total. The number of nitriles is 1. The van der Waals surface area contributed by atoms with Crippen LogP contribution >= 0.6 is 46.4 Å². The molecule has 1 atom stereocenters. The molecule has 188 valence electrons. The van der Waals surface area contributed by atoms with Crippen LogP contribution in [-0.4, -0.2) is 12.4 Å². The van der Waals surface area contributed by atoms with Crippen LogP contribution in [0.15, 0.2) is 48.5 Å². The summed E-state index contributed by atoms with van der Waals surface area (Å²) in [6.45, 7) is -0.228. The molecular formula is C24H13Cl4F4NO3. The third-order valence-corrected chi connectivity index (χ3v) is 5.95. The molecule has 3 aromatic rings. The zero-order valence-electron chi connectivity index (χ0n) is 17.8. The predicted molar refractivity (Wildman–Crippen MR) is 128 cm³/mol. The highest BCUT2D eigenvalue weighted by atomic mass is 35.5. The van der Waals surface area contributed by atoms with Gasteiger partial charge in [-0.1, -0.05) is 52.5 Å². The lowest BCUT2D eigenvalue weighted by molar-refractivity contribution is -0.137. The Hall–Kier alpha value is -2.70. The van der Waals surface area contributed by atoms with Crippen molar-refractivity contribution in [2.75, 3.05) is 6.61 Å². The topological polar surface area (TPSA) is 59.3 Å². The van der Waals surface area contributed by atoms with E-state index in [4.69, 9.17) is 55.9 Å². The molecule has 0 aliphatic rings. The summed E-state index contributed by atoms with van der Waals surface area (Å²) in [5.74, 6) is -3.31. The third-order valence-electron chi connectivity index (χ3n) is 4.80. The smallest absolute Gasteiger partial charge is 0.416 e. The molecule has 36 heavy (non-hydrogen) atoms. The minimum atomic E-state index is -4.62. The van der Waals surface area contributed by atoms with Gasteiger partial charge in [-0.2, -0.15) is 18.4 Å². The summed E-state index contributed by atoms with van der Waals surface area (Å²) in [6, 6.07) is 10.5. The van der Waals surface area contributed by atoms with Crippen LogP contribution in [0.2, 0.25) is 20.1 Å². The standard InChI is InChI=1S/C24H13Cl4F4NO3/c25-13-2-3-14(16(26)8-13)15(11-33)20(34)5-6-35-22-10-23(19(29)9-18(22)28)36-21-4-1-12(7-17(21)27)24(30,31)32/h1-4,7-10,15H,5-6H2. The molecule has 0 N–H and O–H groups in total. The Kier molecular flexibility index (Phi) is 8.96. The van der Waals surface area contributed by atoms with E-state index < -0.39 is 40.0 Å². The number of Topliss-reactive ketones (excluding diaryl/α,β-unsaturated/α-hetero) is 1. The summed E-state index contributed by atoms with van der Waals surface area (Å²) in [6.07, 6.45) is -4.83. The van der Waals surface area contributed by atoms with E-state index in [2.05, 4.69) is 0 Å². The van der Waals surface area contributed by atoms with Crippen molar-refractivity contribution in [1.29, 1.82) is 5.26 Å². The highest BCUT2D eigenvalue weighted by Crippen LogP contribution is 2.39. The average Bonchev–Trinajstić information content (AvgIpc) is 2.79. The van der Waals surface area contributed by atoms with Crippen molar-refractivity contribution in [2.24, 2.45) is 0 Å². The summed E-state index contributed by atoms with van der Waals surface area (Å²) in [7, 11) is 0. The molecule has 0 saturated carbocycles. The fourth-order valence-electron chi connectivity index (χ4n) is 3.03. The normalized spacial score (nSPS) is 12.1. The van der Waals surface area contributed by atoms with Crippen LogP contribution in [0.3, 0.4) is 0 Å². The zero-order chi connectivity index (χ0) is 26.6. The minimum absolute atomic E-state index is 0.0677. The van der Waals surface area contributed by atoms with Crippen molar-refractivity contribution in [3.05, 3.63) is 85.6 Å². The summed E-state index contributed by atoms with van der Waals surface area (Å²) < 4.78 is 63.6. The number of ketones is 1. The van der Waals surface area contributed by atoms with Gasteiger partial charge in [-0.25, -0.2) is 4.39 Å². The first-order chi connectivity index (χ1) is 16.9. The van der Waals surface area contributed by atoms with E-state index in [-0.39, 0.29) is 40.1 Å². The molecular weight excluding hydrogens is 568 g/mol. The van der Waals surface area contributed by atoms with Gasteiger partial charge in [0, 0.05) is 28.6 Å². The highest BCUT2D eigenvalue weighted by Gasteiger charge is 2.31. The van der Waals surface area contributed by atoms with Crippen LogP contribution in [0, 0.1) is 17.1 Å². The molecule has 0 aliphatic heterocycles. The van der Waals surface area contributed by atoms with Crippen LogP contribution in [-0.2, 0) is 11.0 Å². The fourth-order valence-corrected chi connectivity index (χ4v) is 3.98. The van der Waals surface area contributed by atoms with Crippen molar-refractivity contribution in [3.63, 3.8) is 0 Å². The van der Waals surface area contributed by atoms with Crippen LogP contribution in [0.25, 0.3) is 0 Å². The second kappa shape index (κ2) is 11.6. The molecule has 0 spiro atoms. The zero-order valence-corrected chi connectivity index (χ0v) is 20.8. The van der Waals surface area contributed by atoms with Crippen LogP contribution in [0.5, 0.6) is 17.2 Å². The molecule has 0 amide bonds. The maximum Gasteiger partial charge on any atom is 0.416 e. The Morgan fingerprint density at radius 1 is 0.917 bits per heavy atom. The lowest BCUT2D eigenvalue weighted by atomic mass is 9.94. The monoisotopic (exact) mass is 579 g/mol. The van der Waals surface area contributed by atoms with E-state index in [0.717, 1.165) is 24.3 Å². The van der Waals surface area contributed by atoms with E-state index in [1.165, 1.54) is 18.2 Å². The summed E-state index contributed by atoms with van der Waals surface area (Å²) in [5.41, 5.74) is -0.710. The third kappa shape index (κ3) is 6.74. The summed E-state index contributed by atoms with van der Waals surface area (Å²) in [4.78, 5) is 12.6. The Bertz CT molecular complexity index is 1340. The van der Waals surface area contributed by atoms with Gasteiger partial charge in [0.25, 0.3) is 0 Å². The highest BCUT2D eigenvalue weighted by molar-refractivity contribution is 6.35. The van der Waals surface area contributed by atoms with Gasteiger partial charge in [-0.05, 0) is 35.9 Å². The molecule has 0 aliphatic carbocycles. The Labute approximate surface area is 222 Å². The molecule has 3 rings (SSSR count). The van der Waals surface area contributed by atoms with Crippen molar-refractivity contribution in [3.8, 4) is 23.3 Å². The predicted octanol–water partition coefficient (Wildman–Crippen LogP) is 8.90. The number of hydrogen-bond acceptors (Lipinski definition) is 4. The number of carbonyl (C=O) groups excluding carboxylic acids is 1. The quantitative estimate of drug-likeness (QED) is 0.250. The van der Waals surface area contributed by atoms with Gasteiger partial charge < -0.3 is 9.47 Å². The molecule has 0 aromatic heterocycles. The van der Waals surface area contributed by atoms with Crippen molar-refractivity contribution in [1.82, 2.24) is 0 Å². The second-order valence-electron chi connectivity index (χ2n) is 7.25. The average molecular weight is 581 g/mol. The maximum atomic E-state index is 14.4. The van der Waals surface area contributed by atoms with Crippen LogP contribution in [0.4, 0.5) is 17.6 Å². The minimum Gasteiger partial charge on any atom is -0.491 e. The molecule has 0 saturated heterocycles. The number of benzene rings is 3. The first-order valence-electron chi connectivity index (χ1n) is 9.94. The first-order valence-corrected chi connectivity index (χ1v) is 11.5. The van der Waals surface area contributed by atoms with Crippen molar-refractivity contribution in [2.45, 2.75) is 18.5 Å². The van der Waals surface area contributed by atoms with Crippen molar-refractivity contribution >= 4 is 52.2 Å². The van der Waals surface area contributed by atoms with E-state index in [1.807, 2.05) is 6.07 Å². The van der Waals surface area contributed by atoms with Crippen LogP contribution < -0.4 is 9.47 Å². The molecule has 0 bridgehead atoms. The lowest BCUT2D eigenvalue weighted by Crippen LogP contribution is -2.15.